The number of carbonyl (C=O) groups excluding carboxylic acids is 1. The number of carbonyl (C=O) groups is 1. The molecule has 0 aromatic carbocycles. The summed E-state index contributed by atoms with van der Waals surface area (Å²) in [5.74, 6) is 1.10. The normalized spacial score (nSPS) is 14.4. The second-order valence-corrected chi connectivity index (χ2v) is 4.36. The third-order valence-corrected chi connectivity index (χ3v) is 2.88. The van der Waals surface area contributed by atoms with Crippen molar-refractivity contribution in [2.75, 3.05) is 0 Å². The Hall–Kier alpha value is -2.24. The fraction of sp³-hybridized carbons (Fsp3) is 0.333. The largest absolute Gasteiger partial charge is 0.352 e. The fourth-order valence-corrected chi connectivity index (χ4v) is 1.66. The van der Waals surface area contributed by atoms with Gasteiger partial charge in [0.05, 0.1) is 0 Å². The minimum absolute atomic E-state index is 0.148. The number of pyridine rings is 1. The molecule has 2 heterocycles. The molecule has 6 heteroatoms. The Bertz CT molecular complexity index is 530. The SMILES string of the molecule is O=C(NCc1ccc(-n2cncn2)nc1)C1CC1. The summed E-state index contributed by atoms with van der Waals surface area (Å²) in [6, 6.07) is 3.78. The zero-order valence-corrected chi connectivity index (χ0v) is 9.78. The third kappa shape index (κ3) is 2.37. The quantitative estimate of drug-likeness (QED) is 0.857. The number of nitrogens with zero attached hydrogens (tertiary/aromatic N) is 4. The molecular formula is C12H13N5O. The van der Waals surface area contributed by atoms with Crippen molar-refractivity contribution in [1.29, 1.82) is 0 Å². The van der Waals surface area contributed by atoms with E-state index in [1.54, 1.807) is 17.2 Å². The highest BCUT2D eigenvalue weighted by Crippen LogP contribution is 2.28. The maximum absolute atomic E-state index is 11.5. The van der Waals surface area contributed by atoms with Gasteiger partial charge in [0.25, 0.3) is 0 Å². The fourth-order valence-electron chi connectivity index (χ4n) is 1.66. The lowest BCUT2D eigenvalue weighted by molar-refractivity contribution is -0.122. The Morgan fingerprint density at radius 3 is 2.94 bits per heavy atom. The van der Waals surface area contributed by atoms with Gasteiger partial charge >= 0.3 is 0 Å². The second-order valence-electron chi connectivity index (χ2n) is 4.36. The Balaban J connectivity index is 1.62. The molecule has 1 fully saturated rings. The summed E-state index contributed by atoms with van der Waals surface area (Å²) in [5.41, 5.74) is 0.980. The van der Waals surface area contributed by atoms with Crippen molar-refractivity contribution in [3.05, 3.63) is 36.5 Å². The van der Waals surface area contributed by atoms with Crippen LogP contribution in [0.1, 0.15) is 18.4 Å². The minimum atomic E-state index is 0.148. The molecule has 0 radical (unpaired) electrons. The lowest BCUT2D eigenvalue weighted by atomic mass is 10.2. The highest BCUT2D eigenvalue weighted by atomic mass is 16.2. The van der Waals surface area contributed by atoms with Crippen LogP contribution in [0.5, 0.6) is 0 Å². The van der Waals surface area contributed by atoms with Crippen LogP contribution in [0.2, 0.25) is 0 Å². The van der Waals surface area contributed by atoms with Crippen molar-refractivity contribution in [3.8, 4) is 5.82 Å². The van der Waals surface area contributed by atoms with Crippen LogP contribution in [-0.2, 0) is 11.3 Å². The van der Waals surface area contributed by atoms with E-state index in [1.165, 1.54) is 6.33 Å². The van der Waals surface area contributed by atoms with Gasteiger partial charge in [0, 0.05) is 18.7 Å². The molecule has 92 valence electrons. The number of aromatic nitrogens is 4. The van der Waals surface area contributed by atoms with E-state index in [0.717, 1.165) is 18.4 Å². The van der Waals surface area contributed by atoms with Gasteiger partial charge in [0.2, 0.25) is 5.91 Å². The van der Waals surface area contributed by atoms with Crippen LogP contribution in [-0.4, -0.2) is 25.7 Å². The molecule has 1 N–H and O–H groups in total. The lowest BCUT2D eigenvalue weighted by Crippen LogP contribution is -2.24. The number of hydrogen-bond acceptors (Lipinski definition) is 4. The van der Waals surface area contributed by atoms with Gasteiger partial charge in [-0.3, -0.25) is 4.79 Å². The van der Waals surface area contributed by atoms with Crippen LogP contribution >= 0.6 is 0 Å². The Labute approximate surface area is 104 Å². The molecule has 1 aliphatic rings. The third-order valence-electron chi connectivity index (χ3n) is 2.88. The van der Waals surface area contributed by atoms with E-state index >= 15 is 0 Å². The average Bonchev–Trinajstić information content (AvgIpc) is 3.12. The molecule has 1 saturated carbocycles. The smallest absolute Gasteiger partial charge is 0.223 e. The van der Waals surface area contributed by atoms with Gasteiger partial charge < -0.3 is 5.32 Å². The standard InChI is InChI=1S/C12H13N5O/c18-12(10-2-3-10)15-6-9-1-4-11(14-5-9)17-8-13-7-16-17/h1,4-5,7-8,10H,2-3,6H2,(H,15,18). The average molecular weight is 243 g/mol. The van der Waals surface area contributed by atoms with Crippen LogP contribution in [0, 0.1) is 5.92 Å². The number of rotatable bonds is 4. The van der Waals surface area contributed by atoms with Gasteiger partial charge in [0.1, 0.15) is 12.7 Å². The van der Waals surface area contributed by atoms with E-state index in [4.69, 9.17) is 0 Å². The predicted molar refractivity (Wildman–Crippen MR) is 63.7 cm³/mol. The molecule has 0 bridgehead atoms. The van der Waals surface area contributed by atoms with E-state index in [9.17, 15) is 4.79 Å². The number of amides is 1. The Kier molecular flexibility index (Phi) is 2.76. The highest BCUT2D eigenvalue weighted by Gasteiger charge is 2.29. The Morgan fingerprint density at radius 2 is 2.33 bits per heavy atom. The summed E-state index contributed by atoms with van der Waals surface area (Å²) in [7, 11) is 0. The molecule has 1 amide bonds. The number of hydrogen-bond donors (Lipinski definition) is 1. The molecule has 18 heavy (non-hydrogen) atoms. The van der Waals surface area contributed by atoms with Crippen molar-refractivity contribution in [2.24, 2.45) is 5.92 Å². The van der Waals surface area contributed by atoms with Crippen LogP contribution in [0.4, 0.5) is 0 Å². The van der Waals surface area contributed by atoms with E-state index in [0.29, 0.717) is 12.4 Å². The first-order valence-electron chi connectivity index (χ1n) is 5.90. The van der Waals surface area contributed by atoms with E-state index in [2.05, 4.69) is 20.4 Å². The van der Waals surface area contributed by atoms with Gasteiger partial charge in [-0.15, -0.1) is 0 Å². The van der Waals surface area contributed by atoms with Crippen LogP contribution in [0.25, 0.3) is 5.82 Å². The lowest BCUT2D eigenvalue weighted by Gasteiger charge is -2.05. The second kappa shape index (κ2) is 4.56. The predicted octanol–water partition coefficient (Wildman–Crippen LogP) is 0.688. The molecule has 0 unspecified atom stereocenters. The molecule has 2 aromatic heterocycles. The van der Waals surface area contributed by atoms with E-state index < -0.39 is 0 Å². The minimum Gasteiger partial charge on any atom is -0.352 e. The highest BCUT2D eigenvalue weighted by molar-refractivity contribution is 5.80. The topological polar surface area (TPSA) is 72.7 Å². The summed E-state index contributed by atoms with van der Waals surface area (Å²) in [6.45, 7) is 0.528. The first-order valence-corrected chi connectivity index (χ1v) is 5.90. The van der Waals surface area contributed by atoms with Crippen molar-refractivity contribution in [2.45, 2.75) is 19.4 Å². The molecular weight excluding hydrogens is 230 g/mol. The number of nitrogens with one attached hydrogen (secondary N) is 1. The summed E-state index contributed by atoms with van der Waals surface area (Å²) in [5, 5.41) is 6.90. The van der Waals surface area contributed by atoms with Gasteiger partial charge in [-0.2, -0.15) is 5.10 Å². The molecule has 0 spiro atoms. The Morgan fingerprint density at radius 1 is 1.44 bits per heavy atom. The maximum Gasteiger partial charge on any atom is 0.223 e. The first kappa shape index (κ1) is 10.9. The zero-order valence-electron chi connectivity index (χ0n) is 9.78. The van der Waals surface area contributed by atoms with Crippen LogP contribution in [0.15, 0.2) is 31.0 Å². The molecule has 3 rings (SSSR count). The van der Waals surface area contributed by atoms with Gasteiger partial charge in [-0.1, -0.05) is 6.07 Å². The van der Waals surface area contributed by atoms with Gasteiger partial charge in [-0.05, 0) is 24.5 Å². The first-order chi connectivity index (χ1) is 8.83. The maximum atomic E-state index is 11.5. The summed E-state index contributed by atoms with van der Waals surface area (Å²) in [4.78, 5) is 19.6. The molecule has 0 aliphatic heterocycles. The van der Waals surface area contributed by atoms with Gasteiger partial charge in [-0.25, -0.2) is 14.6 Å². The van der Waals surface area contributed by atoms with Crippen molar-refractivity contribution in [3.63, 3.8) is 0 Å². The molecule has 2 aromatic rings. The van der Waals surface area contributed by atoms with Crippen molar-refractivity contribution >= 4 is 5.91 Å². The summed E-state index contributed by atoms with van der Waals surface area (Å²) in [6.07, 6.45) is 6.84. The van der Waals surface area contributed by atoms with Crippen molar-refractivity contribution in [1.82, 2.24) is 25.1 Å². The zero-order chi connectivity index (χ0) is 12.4. The molecule has 1 aliphatic carbocycles. The van der Waals surface area contributed by atoms with Gasteiger partial charge in [0.15, 0.2) is 5.82 Å². The van der Waals surface area contributed by atoms with E-state index in [1.807, 2.05) is 12.1 Å². The summed E-state index contributed by atoms with van der Waals surface area (Å²) >= 11 is 0. The molecule has 0 saturated heterocycles. The molecule has 6 nitrogen and oxygen atoms in total. The van der Waals surface area contributed by atoms with Crippen molar-refractivity contribution < 1.29 is 4.79 Å². The van der Waals surface area contributed by atoms with Crippen LogP contribution < -0.4 is 5.32 Å². The molecule has 0 atom stereocenters. The van der Waals surface area contributed by atoms with E-state index in [-0.39, 0.29) is 11.8 Å². The monoisotopic (exact) mass is 243 g/mol. The van der Waals surface area contributed by atoms with Crippen LogP contribution in [0.3, 0.4) is 0 Å². The summed E-state index contributed by atoms with van der Waals surface area (Å²) < 4.78 is 1.59.